The van der Waals surface area contributed by atoms with Gasteiger partial charge in [0.05, 0.1) is 0 Å². The minimum Gasteiger partial charge on any atom is -0.329 e. The van der Waals surface area contributed by atoms with Gasteiger partial charge in [0.15, 0.2) is 0 Å². The number of aryl methyl sites for hydroxylation is 1. The van der Waals surface area contributed by atoms with E-state index in [2.05, 4.69) is 19.1 Å². The van der Waals surface area contributed by atoms with Gasteiger partial charge in [-0.2, -0.15) is 0 Å². The molecule has 0 aromatic heterocycles. The molecule has 0 amide bonds. The van der Waals surface area contributed by atoms with E-state index in [0.717, 1.165) is 12.2 Å². The predicted molar refractivity (Wildman–Crippen MR) is 66.1 cm³/mol. The van der Waals surface area contributed by atoms with Gasteiger partial charge in [0, 0.05) is 13.1 Å². The highest BCUT2D eigenvalue weighted by molar-refractivity contribution is 5.26. The summed E-state index contributed by atoms with van der Waals surface area (Å²) in [5, 5.41) is 10.8. The SMILES string of the molecule is Cc1ccccc1.N=C=O.N=C=O.NCCN. The molecule has 0 spiro atoms. The molecule has 6 nitrogen and oxygen atoms in total. The molecule has 1 aromatic rings. The van der Waals surface area contributed by atoms with E-state index in [9.17, 15) is 0 Å². The first-order valence-corrected chi connectivity index (χ1v) is 4.64. The lowest BCUT2D eigenvalue weighted by Crippen LogP contribution is -2.11. The molecule has 1 aromatic carbocycles. The summed E-state index contributed by atoms with van der Waals surface area (Å²) in [5.41, 5.74) is 11.1. The molecular formula is C11H18N4O2. The summed E-state index contributed by atoms with van der Waals surface area (Å²) in [5.74, 6) is 0. The predicted octanol–water partition coefficient (Wildman–Crippen LogP) is 0.701. The average molecular weight is 238 g/mol. The van der Waals surface area contributed by atoms with Gasteiger partial charge >= 0.3 is 0 Å². The minimum atomic E-state index is 0.597. The van der Waals surface area contributed by atoms with Crippen molar-refractivity contribution in [3.63, 3.8) is 0 Å². The first kappa shape index (κ1) is 20.3. The van der Waals surface area contributed by atoms with Gasteiger partial charge in [0.1, 0.15) is 0 Å². The molecule has 0 heterocycles. The maximum absolute atomic E-state index is 8.35. The first-order valence-electron chi connectivity index (χ1n) is 4.64. The largest absolute Gasteiger partial charge is 0.329 e. The monoisotopic (exact) mass is 238 g/mol. The van der Waals surface area contributed by atoms with Crippen LogP contribution in [0, 0.1) is 17.7 Å². The third kappa shape index (κ3) is 41.3. The smallest absolute Gasteiger partial charge is 0.231 e. The molecule has 94 valence electrons. The van der Waals surface area contributed by atoms with Crippen LogP contribution >= 0.6 is 0 Å². The van der Waals surface area contributed by atoms with Crippen molar-refractivity contribution in [2.75, 3.05) is 13.1 Å². The Labute approximate surface area is 101 Å². The lowest BCUT2D eigenvalue weighted by Gasteiger charge is -1.82. The van der Waals surface area contributed by atoms with E-state index in [1.54, 1.807) is 0 Å². The fourth-order valence-electron chi connectivity index (χ4n) is 0.534. The number of hydrogen-bond donors (Lipinski definition) is 4. The summed E-state index contributed by atoms with van der Waals surface area (Å²) in [7, 11) is 0. The van der Waals surface area contributed by atoms with Crippen LogP contribution in [0.2, 0.25) is 0 Å². The molecule has 0 bridgehead atoms. The zero-order chi connectivity index (χ0) is 13.9. The van der Waals surface area contributed by atoms with Gasteiger partial charge in [-0.1, -0.05) is 35.9 Å². The van der Waals surface area contributed by atoms with E-state index in [1.807, 2.05) is 18.2 Å². The Bertz CT molecular complexity index is 289. The minimum absolute atomic E-state index is 0.597. The second kappa shape index (κ2) is 23.6. The quantitative estimate of drug-likeness (QED) is 0.423. The van der Waals surface area contributed by atoms with Crippen LogP contribution in [0.4, 0.5) is 0 Å². The van der Waals surface area contributed by atoms with Gasteiger partial charge in [0.2, 0.25) is 12.2 Å². The van der Waals surface area contributed by atoms with E-state index in [4.69, 9.17) is 31.9 Å². The van der Waals surface area contributed by atoms with Crippen molar-refractivity contribution in [2.45, 2.75) is 6.92 Å². The van der Waals surface area contributed by atoms with E-state index >= 15 is 0 Å². The summed E-state index contributed by atoms with van der Waals surface area (Å²) in [6, 6.07) is 10.3. The van der Waals surface area contributed by atoms with Crippen LogP contribution in [-0.2, 0) is 9.59 Å². The molecule has 1 rings (SSSR count). The number of isocyanates is 2. The van der Waals surface area contributed by atoms with Crippen LogP contribution in [0.3, 0.4) is 0 Å². The number of rotatable bonds is 1. The Morgan fingerprint density at radius 3 is 1.41 bits per heavy atom. The van der Waals surface area contributed by atoms with Crippen LogP contribution < -0.4 is 11.5 Å². The fourth-order valence-corrected chi connectivity index (χ4v) is 0.534. The Balaban J connectivity index is -0.000000170. The molecule has 0 aliphatic carbocycles. The highest BCUT2D eigenvalue weighted by Gasteiger charge is 1.72. The normalized spacial score (nSPS) is 6.29. The summed E-state index contributed by atoms with van der Waals surface area (Å²) >= 11 is 0. The number of carbonyl (C=O) groups excluding carboxylic acids is 2. The molecule has 6 N–H and O–H groups in total. The molecule has 0 aliphatic heterocycles. The number of nitrogens with one attached hydrogen (secondary N) is 2. The molecule has 6 heteroatoms. The van der Waals surface area contributed by atoms with Crippen molar-refractivity contribution >= 4 is 12.2 Å². The number of nitrogens with two attached hydrogens (primary N) is 2. The fraction of sp³-hybridized carbons (Fsp3) is 0.273. The van der Waals surface area contributed by atoms with E-state index in [0.29, 0.717) is 13.1 Å². The van der Waals surface area contributed by atoms with Crippen LogP contribution in [0.15, 0.2) is 30.3 Å². The highest BCUT2D eigenvalue weighted by Crippen LogP contribution is 1.92. The summed E-state index contributed by atoms with van der Waals surface area (Å²) in [6.45, 7) is 3.28. The van der Waals surface area contributed by atoms with Gasteiger partial charge < -0.3 is 11.5 Å². The van der Waals surface area contributed by atoms with Crippen LogP contribution in [0.5, 0.6) is 0 Å². The number of benzene rings is 1. The van der Waals surface area contributed by atoms with Gasteiger partial charge in [-0.15, -0.1) is 0 Å². The van der Waals surface area contributed by atoms with E-state index in [1.165, 1.54) is 5.56 Å². The Kier molecular flexibility index (Phi) is 28.2. The van der Waals surface area contributed by atoms with E-state index in [-0.39, 0.29) is 0 Å². The highest BCUT2D eigenvalue weighted by atomic mass is 16.1. The standard InChI is InChI=1S/C7H8.C2H8N2.2CHNO/c1-7-5-3-2-4-6-7;3-1-2-4;2*2-1-3/h2-6H,1H3;1-4H2;2*2H. The lowest BCUT2D eigenvalue weighted by molar-refractivity contribution is 0.562. The molecule has 0 unspecified atom stereocenters. The zero-order valence-corrected chi connectivity index (χ0v) is 9.77. The van der Waals surface area contributed by atoms with Gasteiger partial charge in [-0.05, 0) is 6.92 Å². The molecule has 0 atom stereocenters. The van der Waals surface area contributed by atoms with Crippen LogP contribution in [0.1, 0.15) is 5.56 Å². The van der Waals surface area contributed by atoms with Gasteiger partial charge in [-0.25, -0.2) is 20.4 Å². The molecular weight excluding hydrogens is 220 g/mol. The Morgan fingerprint density at radius 2 is 1.29 bits per heavy atom. The maximum atomic E-state index is 8.35. The van der Waals surface area contributed by atoms with Crippen molar-refractivity contribution in [2.24, 2.45) is 11.5 Å². The molecule has 0 aliphatic rings. The molecule has 0 radical (unpaired) electrons. The molecule has 0 saturated carbocycles. The van der Waals surface area contributed by atoms with Gasteiger partial charge in [-0.3, -0.25) is 0 Å². The second-order valence-electron chi connectivity index (χ2n) is 2.44. The maximum Gasteiger partial charge on any atom is 0.231 e. The summed E-state index contributed by atoms with van der Waals surface area (Å²) < 4.78 is 0. The topological polar surface area (TPSA) is 134 Å². The van der Waals surface area contributed by atoms with Crippen molar-refractivity contribution in [3.05, 3.63) is 35.9 Å². The lowest BCUT2D eigenvalue weighted by atomic mass is 10.2. The third-order valence-electron chi connectivity index (χ3n) is 1.11. The van der Waals surface area contributed by atoms with Crippen molar-refractivity contribution < 1.29 is 9.59 Å². The zero-order valence-electron chi connectivity index (χ0n) is 9.77. The molecule has 17 heavy (non-hydrogen) atoms. The van der Waals surface area contributed by atoms with Crippen LogP contribution in [0.25, 0.3) is 0 Å². The van der Waals surface area contributed by atoms with Crippen LogP contribution in [-0.4, -0.2) is 25.2 Å². The first-order chi connectivity index (χ1) is 8.14. The number of hydrogen-bond acceptors (Lipinski definition) is 6. The third-order valence-corrected chi connectivity index (χ3v) is 1.11. The van der Waals surface area contributed by atoms with Crippen molar-refractivity contribution in [1.82, 2.24) is 0 Å². The van der Waals surface area contributed by atoms with Crippen molar-refractivity contribution in [3.8, 4) is 0 Å². The molecule has 0 fully saturated rings. The summed E-state index contributed by atoms with van der Waals surface area (Å²) in [6.07, 6.45) is 1.50. The average Bonchev–Trinajstić information content (AvgIpc) is 2.32. The Hall–Kier alpha value is -2.10. The van der Waals surface area contributed by atoms with Crippen molar-refractivity contribution in [1.29, 1.82) is 10.8 Å². The van der Waals surface area contributed by atoms with E-state index < -0.39 is 0 Å². The van der Waals surface area contributed by atoms with Gasteiger partial charge in [0.25, 0.3) is 0 Å². The molecule has 0 saturated heterocycles. The second-order valence-corrected chi connectivity index (χ2v) is 2.44. The Morgan fingerprint density at radius 1 is 1.00 bits per heavy atom. The summed E-state index contributed by atoms with van der Waals surface area (Å²) in [4.78, 5) is 16.7.